The zero-order valence-corrected chi connectivity index (χ0v) is 9.36. The third-order valence-corrected chi connectivity index (χ3v) is 2.99. The number of thioether (sulfide) groups is 1. The summed E-state index contributed by atoms with van der Waals surface area (Å²) >= 11 is 1.43. The molecule has 0 rings (SSSR count). The van der Waals surface area contributed by atoms with Crippen molar-refractivity contribution >= 4 is 11.8 Å². The monoisotopic (exact) mass is 250 g/mol. The Labute approximate surface area is 90.6 Å². The van der Waals surface area contributed by atoms with Gasteiger partial charge in [-0.2, -0.15) is 33.7 Å². The molecule has 0 aliphatic rings. The van der Waals surface area contributed by atoms with Gasteiger partial charge in [0.25, 0.3) is 0 Å². The maximum Gasteiger partial charge on any atom is 0.453 e. The summed E-state index contributed by atoms with van der Waals surface area (Å²) in [6.45, 7) is 2.00. The first-order chi connectivity index (χ1) is 6.81. The van der Waals surface area contributed by atoms with Crippen LogP contribution >= 0.6 is 11.8 Å². The summed E-state index contributed by atoms with van der Waals surface area (Å²) in [7, 11) is 0. The molecule has 0 spiro atoms. The Bertz CT molecular complexity index is 166. The lowest BCUT2D eigenvalue weighted by Crippen LogP contribution is -2.36. The van der Waals surface area contributed by atoms with Gasteiger partial charge in [-0.05, 0) is 24.3 Å². The Morgan fingerprint density at radius 1 is 0.933 bits per heavy atom. The van der Waals surface area contributed by atoms with Crippen LogP contribution in [0, 0.1) is 0 Å². The van der Waals surface area contributed by atoms with Crippen molar-refractivity contribution in [2.24, 2.45) is 0 Å². The lowest BCUT2D eigenvalue weighted by atomic mass is 10.2. The van der Waals surface area contributed by atoms with E-state index in [1.54, 1.807) is 0 Å². The minimum atomic E-state index is -5.40. The molecule has 0 N–H and O–H groups in total. The molecule has 6 heteroatoms. The molecule has 0 saturated heterocycles. The topological polar surface area (TPSA) is 0 Å². The van der Waals surface area contributed by atoms with Gasteiger partial charge in [0.2, 0.25) is 0 Å². The van der Waals surface area contributed by atoms with Crippen molar-refractivity contribution in [3.05, 3.63) is 0 Å². The predicted octanol–water partition coefficient (Wildman–Crippen LogP) is 4.50. The largest absolute Gasteiger partial charge is 0.453 e. The van der Waals surface area contributed by atoms with Gasteiger partial charge in [-0.1, -0.05) is 13.3 Å². The van der Waals surface area contributed by atoms with E-state index in [4.69, 9.17) is 0 Å². The zero-order chi connectivity index (χ0) is 11.9. The van der Waals surface area contributed by atoms with Crippen LogP contribution in [0.15, 0.2) is 0 Å². The third-order valence-electron chi connectivity index (χ3n) is 1.84. The molecule has 92 valence electrons. The predicted molar refractivity (Wildman–Crippen MR) is 52.5 cm³/mol. The molecule has 0 amide bonds. The lowest BCUT2D eigenvalue weighted by molar-refractivity contribution is -0.284. The number of rotatable bonds is 7. The van der Waals surface area contributed by atoms with Crippen LogP contribution in [-0.2, 0) is 0 Å². The number of alkyl halides is 5. The van der Waals surface area contributed by atoms with Crippen LogP contribution in [0.1, 0.15) is 32.6 Å². The third kappa shape index (κ3) is 6.22. The minimum Gasteiger partial charge on any atom is -0.196 e. The van der Waals surface area contributed by atoms with Crippen molar-refractivity contribution in [2.75, 3.05) is 11.5 Å². The summed E-state index contributed by atoms with van der Waals surface area (Å²) in [5.41, 5.74) is 0. The van der Waals surface area contributed by atoms with Crippen LogP contribution in [0.4, 0.5) is 22.0 Å². The Morgan fingerprint density at radius 3 is 1.93 bits per heavy atom. The van der Waals surface area contributed by atoms with Gasteiger partial charge in [0, 0.05) is 6.42 Å². The highest BCUT2D eigenvalue weighted by molar-refractivity contribution is 7.99. The van der Waals surface area contributed by atoms with E-state index < -0.39 is 18.5 Å². The van der Waals surface area contributed by atoms with Crippen molar-refractivity contribution in [2.45, 2.75) is 44.7 Å². The molecule has 0 radical (unpaired) electrons. The first-order valence-electron chi connectivity index (χ1n) is 4.83. The summed E-state index contributed by atoms with van der Waals surface area (Å²) in [6.07, 6.45) is -4.62. The van der Waals surface area contributed by atoms with Gasteiger partial charge in [0.1, 0.15) is 0 Å². The SMILES string of the molecule is CCCCSCCCC(F)(F)C(F)(F)F. The fourth-order valence-corrected chi connectivity index (χ4v) is 1.93. The Balaban J connectivity index is 3.58. The highest BCUT2D eigenvalue weighted by atomic mass is 32.2. The van der Waals surface area contributed by atoms with E-state index in [1.165, 1.54) is 11.8 Å². The molecular weight excluding hydrogens is 235 g/mol. The van der Waals surface area contributed by atoms with E-state index >= 15 is 0 Å². The molecule has 0 aliphatic carbocycles. The molecule has 0 saturated carbocycles. The smallest absolute Gasteiger partial charge is 0.196 e. The van der Waals surface area contributed by atoms with Crippen molar-refractivity contribution in [3.8, 4) is 0 Å². The maximum absolute atomic E-state index is 12.4. The summed E-state index contributed by atoms with van der Waals surface area (Å²) in [4.78, 5) is 0. The van der Waals surface area contributed by atoms with Crippen LogP contribution in [0.2, 0.25) is 0 Å². The summed E-state index contributed by atoms with van der Waals surface area (Å²) < 4.78 is 59.9. The molecule has 15 heavy (non-hydrogen) atoms. The quantitative estimate of drug-likeness (QED) is 0.473. The molecule has 0 fully saturated rings. The second kappa shape index (κ2) is 6.55. The van der Waals surface area contributed by atoms with Crippen LogP contribution < -0.4 is 0 Å². The number of hydrogen-bond acceptors (Lipinski definition) is 1. The van der Waals surface area contributed by atoms with Crippen molar-refractivity contribution in [1.82, 2.24) is 0 Å². The average Bonchev–Trinajstić information content (AvgIpc) is 2.09. The van der Waals surface area contributed by atoms with Crippen LogP contribution in [0.3, 0.4) is 0 Å². The first kappa shape index (κ1) is 15.0. The first-order valence-corrected chi connectivity index (χ1v) is 5.99. The van der Waals surface area contributed by atoms with Gasteiger partial charge in [-0.15, -0.1) is 0 Å². The number of unbranched alkanes of at least 4 members (excludes halogenated alkanes) is 1. The standard InChI is InChI=1S/C9H15F5S/c1-2-3-6-15-7-4-5-8(10,11)9(12,13)14/h2-7H2,1H3. The lowest BCUT2D eigenvalue weighted by Gasteiger charge is -2.19. The summed E-state index contributed by atoms with van der Waals surface area (Å²) in [6, 6.07) is 0. The Kier molecular flexibility index (Phi) is 6.55. The van der Waals surface area contributed by atoms with E-state index in [0.29, 0.717) is 5.75 Å². The molecule has 0 aromatic carbocycles. The van der Waals surface area contributed by atoms with Gasteiger partial charge in [-0.25, -0.2) is 0 Å². The van der Waals surface area contributed by atoms with E-state index in [1.807, 2.05) is 6.92 Å². The molecule has 0 aromatic rings. The zero-order valence-electron chi connectivity index (χ0n) is 8.54. The van der Waals surface area contributed by atoms with Crippen molar-refractivity contribution in [1.29, 1.82) is 0 Å². The Hall–Kier alpha value is -0.0000000000000000555. The molecule has 0 aliphatic heterocycles. The number of hydrogen-bond donors (Lipinski definition) is 0. The van der Waals surface area contributed by atoms with E-state index in [2.05, 4.69) is 0 Å². The Morgan fingerprint density at radius 2 is 1.47 bits per heavy atom. The second-order valence-corrected chi connectivity index (χ2v) is 4.50. The molecule has 0 bridgehead atoms. The fourth-order valence-electron chi connectivity index (χ4n) is 0.886. The van der Waals surface area contributed by atoms with Gasteiger partial charge in [0.15, 0.2) is 0 Å². The minimum absolute atomic E-state index is 0.0963. The van der Waals surface area contributed by atoms with Crippen LogP contribution in [0.5, 0.6) is 0 Å². The summed E-state index contributed by atoms with van der Waals surface area (Å²) in [5, 5.41) is 0. The van der Waals surface area contributed by atoms with Gasteiger partial charge < -0.3 is 0 Å². The molecule has 0 atom stereocenters. The molecule has 0 aromatic heterocycles. The van der Waals surface area contributed by atoms with E-state index in [9.17, 15) is 22.0 Å². The molecule has 0 heterocycles. The molecular formula is C9H15F5S. The van der Waals surface area contributed by atoms with E-state index in [-0.39, 0.29) is 6.42 Å². The number of halogens is 5. The van der Waals surface area contributed by atoms with Crippen molar-refractivity contribution < 1.29 is 22.0 Å². The second-order valence-electron chi connectivity index (χ2n) is 3.27. The van der Waals surface area contributed by atoms with Gasteiger partial charge in [0.05, 0.1) is 0 Å². The fraction of sp³-hybridized carbons (Fsp3) is 1.00. The maximum atomic E-state index is 12.4. The average molecular weight is 250 g/mol. The van der Waals surface area contributed by atoms with E-state index in [0.717, 1.165) is 18.6 Å². The highest BCUT2D eigenvalue weighted by Crippen LogP contribution is 2.38. The van der Waals surface area contributed by atoms with Gasteiger partial charge in [-0.3, -0.25) is 0 Å². The highest BCUT2D eigenvalue weighted by Gasteiger charge is 2.56. The normalized spacial score (nSPS) is 13.2. The van der Waals surface area contributed by atoms with Gasteiger partial charge >= 0.3 is 12.1 Å². The van der Waals surface area contributed by atoms with Crippen LogP contribution in [-0.4, -0.2) is 23.6 Å². The summed E-state index contributed by atoms with van der Waals surface area (Å²) in [5.74, 6) is -3.34. The molecule has 0 unspecified atom stereocenters. The van der Waals surface area contributed by atoms with Crippen molar-refractivity contribution in [3.63, 3.8) is 0 Å². The van der Waals surface area contributed by atoms with Crippen LogP contribution in [0.25, 0.3) is 0 Å². The molecule has 0 nitrogen and oxygen atoms in total.